The number of urea groups is 1. The molecule has 0 unspecified atom stereocenters. The summed E-state index contributed by atoms with van der Waals surface area (Å²) in [6.07, 6.45) is 2.29. The molecule has 0 aliphatic carbocycles. The Morgan fingerprint density at radius 1 is 1.15 bits per heavy atom. The van der Waals surface area contributed by atoms with Crippen molar-refractivity contribution >= 4 is 17.6 Å². The van der Waals surface area contributed by atoms with Crippen LogP contribution in [0.25, 0.3) is 0 Å². The molecule has 1 atom stereocenters. The number of ether oxygens (including phenoxy) is 1. The van der Waals surface area contributed by atoms with Crippen LogP contribution in [0.15, 0.2) is 48.5 Å². The second-order valence-corrected chi connectivity index (χ2v) is 6.93. The van der Waals surface area contributed by atoms with Crippen molar-refractivity contribution in [3.05, 3.63) is 59.7 Å². The minimum atomic E-state index is -0.225. The largest absolute Gasteiger partial charge is 0.488 e. The summed E-state index contributed by atoms with van der Waals surface area (Å²) in [5.74, 6) is 1.06. The van der Waals surface area contributed by atoms with Crippen LogP contribution >= 0.6 is 0 Å². The number of amides is 3. The van der Waals surface area contributed by atoms with Gasteiger partial charge in [-0.3, -0.25) is 4.79 Å². The minimum absolute atomic E-state index is 0.0299. The fraction of sp³-hybridized carbons (Fsp3) is 0.333. The van der Waals surface area contributed by atoms with Crippen LogP contribution in [-0.4, -0.2) is 31.1 Å². The van der Waals surface area contributed by atoms with E-state index in [1.54, 1.807) is 4.90 Å². The number of benzene rings is 2. The lowest BCUT2D eigenvalue weighted by atomic mass is 10.1. The van der Waals surface area contributed by atoms with Crippen LogP contribution in [0, 0.1) is 0 Å². The number of carbonyl (C=O) groups is 2. The predicted octanol–water partition coefficient (Wildman–Crippen LogP) is 2.62. The third-order valence-electron chi connectivity index (χ3n) is 4.95. The molecule has 0 radical (unpaired) electrons. The Labute approximate surface area is 158 Å². The molecule has 4 rings (SSSR count). The monoisotopic (exact) mass is 365 g/mol. The molecule has 0 saturated carbocycles. The Morgan fingerprint density at radius 3 is 2.85 bits per heavy atom. The Morgan fingerprint density at radius 2 is 2.04 bits per heavy atom. The van der Waals surface area contributed by atoms with Crippen LogP contribution in [0.2, 0.25) is 0 Å². The average molecular weight is 365 g/mol. The van der Waals surface area contributed by atoms with E-state index in [2.05, 4.69) is 10.6 Å². The van der Waals surface area contributed by atoms with Gasteiger partial charge in [0.2, 0.25) is 5.91 Å². The molecule has 6 nitrogen and oxygen atoms in total. The minimum Gasteiger partial charge on any atom is -0.488 e. The molecule has 1 saturated heterocycles. The van der Waals surface area contributed by atoms with Gasteiger partial charge in [-0.15, -0.1) is 0 Å². The number of fused-ring (bicyclic) bond motifs is 1. The van der Waals surface area contributed by atoms with Gasteiger partial charge in [-0.05, 0) is 35.7 Å². The maximum atomic E-state index is 12.1. The average Bonchev–Trinajstić information content (AvgIpc) is 3.30. The number of carbonyl (C=O) groups excluding carboxylic acids is 2. The van der Waals surface area contributed by atoms with Gasteiger partial charge < -0.3 is 20.3 Å². The Kier molecular flexibility index (Phi) is 4.96. The Bertz CT molecular complexity index is 827. The first-order valence-electron chi connectivity index (χ1n) is 9.34. The third kappa shape index (κ3) is 4.05. The molecule has 2 aliphatic rings. The Hall–Kier alpha value is -3.02. The highest BCUT2D eigenvalue weighted by atomic mass is 16.5. The van der Waals surface area contributed by atoms with Gasteiger partial charge in [-0.25, -0.2) is 4.79 Å². The highest BCUT2D eigenvalue weighted by Gasteiger charge is 2.23. The van der Waals surface area contributed by atoms with Gasteiger partial charge in [-0.1, -0.05) is 30.3 Å². The van der Waals surface area contributed by atoms with Gasteiger partial charge in [0.25, 0.3) is 0 Å². The van der Waals surface area contributed by atoms with E-state index in [9.17, 15) is 9.59 Å². The third-order valence-corrected chi connectivity index (χ3v) is 4.95. The number of hydrogen-bond donors (Lipinski definition) is 2. The number of anilines is 1. The fourth-order valence-corrected chi connectivity index (χ4v) is 3.57. The van der Waals surface area contributed by atoms with Gasteiger partial charge in [0.05, 0.1) is 6.54 Å². The second kappa shape index (κ2) is 7.70. The molecule has 0 spiro atoms. The highest BCUT2D eigenvalue weighted by molar-refractivity contribution is 5.95. The molecule has 0 bridgehead atoms. The number of para-hydroxylation sites is 1. The van der Waals surface area contributed by atoms with Crippen molar-refractivity contribution in [3.8, 4) is 5.75 Å². The van der Waals surface area contributed by atoms with Crippen molar-refractivity contribution in [1.82, 2.24) is 10.6 Å². The van der Waals surface area contributed by atoms with E-state index >= 15 is 0 Å². The number of rotatable bonds is 5. The van der Waals surface area contributed by atoms with E-state index in [4.69, 9.17) is 4.74 Å². The maximum Gasteiger partial charge on any atom is 0.315 e. The number of hydrogen-bond acceptors (Lipinski definition) is 3. The summed E-state index contributed by atoms with van der Waals surface area (Å²) in [6, 6.07) is 15.5. The molecule has 27 heavy (non-hydrogen) atoms. The van der Waals surface area contributed by atoms with Crippen LogP contribution in [0.1, 0.15) is 24.0 Å². The summed E-state index contributed by atoms with van der Waals surface area (Å²) in [7, 11) is 0. The lowest BCUT2D eigenvalue weighted by Crippen LogP contribution is -2.40. The topological polar surface area (TPSA) is 70.7 Å². The summed E-state index contributed by atoms with van der Waals surface area (Å²) >= 11 is 0. The maximum absolute atomic E-state index is 12.1. The smallest absolute Gasteiger partial charge is 0.315 e. The predicted molar refractivity (Wildman–Crippen MR) is 103 cm³/mol. The first kappa shape index (κ1) is 17.4. The van der Waals surface area contributed by atoms with E-state index < -0.39 is 0 Å². The quantitative estimate of drug-likeness (QED) is 0.856. The van der Waals surface area contributed by atoms with Gasteiger partial charge >= 0.3 is 6.03 Å². The highest BCUT2D eigenvalue weighted by Crippen LogP contribution is 2.27. The van der Waals surface area contributed by atoms with E-state index in [1.165, 1.54) is 5.56 Å². The fourth-order valence-electron chi connectivity index (χ4n) is 3.57. The number of nitrogens with zero attached hydrogens (tertiary/aromatic N) is 1. The van der Waals surface area contributed by atoms with Crippen LogP contribution < -0.4 is 20.3 Å². The van der Waals surface area contributed by atoms with Crippen LogP contribution in [0.4, 0.5) is 10.5 Å². The molecule has 2 aromatic rings. The van der Waals surface area contributed by atoms with Crippen molar-refractivity contribution in [1.29, 1.82) is 0 Å². The van der Waals surface area contributed by atoms with Gasteiger partial charge in [-0.2, -0.15) is 0 Å². The summed E-state index contributed by atoms with van der Waals surface area (Å²) in [6.45, 7) is 1.64. The molecule has 0 aromatic heterocycles. The van der Waals surface area contributed by atoms with Crippen molar-refractivity contribution in [3.63, 3.8) is 0 Å². The van der Waals surface area contributed by atoms with Gasteiger partial charge in [0.15, 0.2) is 0 Å². The van der Waals surface area contributed by atoms with Crippen molar-refractivity contribution in [2.75, 3.05) is 18.0 Å². The van der Waals surface area contributed by atoms with Crippen molar-refractivity contribution in [2.24, 2.45) is 0 Å². The molecular weight excluding hydrogens is 342 g/mol. The zero-order valence-electron chi connectivity index (χ0n) is 15.1. The lowest BCUT2D eigenvalue weighted by Gasteiger charge is -2.17. The zero-order chi connectivity index (χ0) is 18.6. The summed E-state index contributed by atoms with van der Waals surface area (Å²) < 4.78 is 5.82. The zero-order valence-corrected chi connectivity index (χ0v) is 15.1. The SMILES string of the molecule is O=C(NCc1cccc(N2CCCC2=O)c1)NC[C@H]1Cc2ccccc2O1. The molecule has 2 aliphatic heterocycles. The van der Waals surface area contributed by atoms with Crippen LogP contribution in [0.3, 0.4) is 0 Å². The van der Waals surface area contributed by atoms with Crippen molar-refractivity contribution in [2.45, 2.75) is 31.9 Å². The van der Waals surface area contributed by atoms with Gasteiger partial charge in [0, 0.05) is 31.6 Å². The molecule has 2 heterocycles. The molecule has 2 aromatic carbocycles. The van der Waals surface area contributed by atoms with Crippen LogP contribution in [0.5, 0.6) is 5.75 Å². The normalized spacial score (nSPS) is 18.1. The number of nitrogens with one attached hydrogen (secondary N) is 2. The lowest BCUT2D eigenvalue weighted by molar-refractivity contribution is -0.117. The molecule has 1 fully saturated rings. The van der Waals surface area contributed by atoms with E-state index in [-0.39, 0.29) is 18.0 Å². The summed E-state index contributed by atoms with van der Waals surface area (Å²) in [5.41, 5.74) is 3.04. The standard InChI is InChI=1S/C21H23N3O3/c25-20-9-4-10-24(20)17-7-3-5-15(11-17)13-22-21(26)23-14-18-12-16-6-1-2-8-19(16)27-18/h1-3,5-8,11,18H,4,9-10,12-14H2,(H2,22,23,26)/t18-/m1/s1. The molecule has 140 valence electrons. The molecular formula is C21H23N3O3. The summed E-state index contributed by atoms with van der Waals surface area (Å²) in [5, 5.41) is 5.73. The van der Waals surface area contributed by atoms with Crippen molar-refractivity contribution < 1.29 is 14.3 Å². The molecule has 6 heteroatoms. The van der Waals surface area contributed by atoms with E-state index in [0.717, 1.165) is 36.4 Å². The summed E-state index contributed by atoms with van der Waals surface area (Å²) in [4.78, 5) is 25.8. The molecule has 2 N–H and O–H groups in total. The first-order chi connectivity index (χ1) is 13.2. The molecule has 3 amide bonds. The van der Waals surface area contributed by atoms with Gasteiger partial charge in [0.1, 0.15) is 11.9 Å². The first-order valence-corrected chi connectivity index (χ1v) is 9.34. The van der Waals surface area contributed by atoms with E-state index in [1.807, 2.05) is 48.5 Å². The van der Waals surface area contributed by atoms with Crippen LogP contribution in [-0.2, 0) is 17.8 Å². The second-order valence-electron chi connectivity index (χ2n) is 6.93. The Balaban J connectivity index is 1.25. The van der Waals surface area contributed by atoms with E-state index in [0.29, 0.717) is 19.5 Å².